The molecule has 0 aromatic heterocycles. The minimum atomic E-state index is -0.251. The van der Waals surface area contributed by atoms with Crippen molar-refractivity contribution in [3.8, 4) is 0 Å². The smallest absolute Gasteiger partial charge is 0.243 e. The molecule has 2 amide bonds. The number of rotatable bonds is 4. The molecule has 1 saturated heterocycles. The maximum absolute atomic E-state index is 11.7. The average Bonchev–Trinajstić information content (AvgIpc) is 2.17. The largest absolute Gasteiger partial charge is 0.345 e. The van der Waals surface area contributed by atoms with E-state index in [9.17, 15) is 9.59 Å². The number of nitrogens with zero attached hydrogens (tertiary/aromatic N) is 1. The number of carbonyl (C=O) groups excluding carboxylic acids is 2. The molecule has 1 N–H and O–H groups in total. The summed E-state index contributed by atoms with van der Waals surface area (Å²) in [6, 6.07) is -0.251. The summed E-state index contributed by atoms with van der Waals surface area (Å²) in [5, 5.41) is 2.64. The number of carbonyl (C=O) groups is 2. The molecule has 0 aliphatic carbocycles. The number of nitrogens with one attached hydrogen (secondary N) is 1. The van der Waals surface area contributed by atoms with E-state index in [1.54, 1.807) is 4.90 Å². The molecule has 0 aromatic rings. The minimum absolute atomic E-state index is 0.00269. The van der Waals surface area contributed by atoms with Crippen LogP contribution in [-0.2, 0) is 9.59 Å². The highest BCUT2D eigenvalue weighted by Crippen LogP contribution is 2.13. The van der Waals surface area contributed by atoms with E-state index in [1.165, 1.54) is 0 Å². The highest BCUT2D eigenvalue weighted by atomic mass is 16.2. The molecule has 0 aromatic carbocycles. The van der Waals surface area contributed by atoms with Crippen LogP contribution in [0.1, 0.15) is 33.6 Å². The van der Waals surface area contributed by atoms with Crippen LogP contribution in [0.15, 0.2) is 0 Å². The Morgan fingerprint density at radius 1 is 1.47 bits per heavy atom. The lowest BCUT2D eigenvalue weighted by molar-refractivity contribution is -0.146. The summed E-state index contributed by atoms with van der Waals surface area (Å²) in [6.45, 7) is 6.98. The van der Waals surface area contributed by atoms with Gasteiger partial charge in [-0.05, 0) is 12.3 Å². The van der Waals surface area contributed by atoms with Crippen LogP contribution in [0.3, 0.4) is 0 Å². The van der Waals surface area contributed by atoms with Crippen molar-refractivity contribution < 1.29 is 9.59 Å². The second-order valence-electron chi connectivity index (χ2n) is 4.46. The van der Waals surface area contributed by atoms with Gasteiger partial charge in [-0.25, -0.2) is 0 Å². The molecule has 1 unspecified atom stereocenters. The zero-order valence-electron chi connectivity index (χ0n) is 9.75. The number of piperazine rings is 1. The molecule has 1 aliphatic rings. The first-order valence-electron chi connectivity index (χ1n) is 5.63. The number of amides is 2. The summed E-state index contributed by atoms with van der Waals surface area (Å²) in [5.74, 6) is 0.443. The van der Waals surface area contributed by atoms with E-state index in [2.05, 4.69) is 19.2 Å². The molecule has 1 atom stereocenters. The standard InChI is InChI=1S/C11H20N2O2/c1-4-5-9-11(15)12-6-10(14)13(9)7-8(2)3/h8-9H,4-7H2,1-3H3,(H,12,15). The zero-order chi connectivity index (χ0) is 11.4. The van der Waals surface area contributed by atoms with Crippen LogP contribution in [0.5, 0.6) is 0 Å². The third-order valence-corrected chi connectivity index (χ3v) is 2.54. The van der Waals surface area contributed by atoms with E-state index in [0.717, 1.165) is 12.8 Å². The van der Waals surface area contributed by atoms with E-state index in [0.29, 0.717) is 12.5 Å². The molecule has 4 heteroatoms. The second kappa shape index (κ2) is 5.14. The molecule has 15 heavy (non-hydrogen) atoms. The van der Waals surface area contributed by atoms with Crippen LogP contribution < -0.4 is 5.32 Å². The third-order valence-electron chi connectivity index (χ3n) is 2.54. The summed E-state index contributed by atoms with van der Waals surface area (Å²) < 4.78 is 0. The van der Waals surface area contributed by atoms with E-state index in [-0.39, 0.29) is 24.4 Å². The van der Waals surface area contributed by atoms with Crippen LogP contribution in [0.4, 0.5) is 0 Å². The Kier molecular flexibility index (Phi) is 4.12. The van der Waals surface area contributed by atoms with Gasteiger partial charge in [0, 0.05) is 6.54 Å². The van der Waals surface area contributed by atoms with Gasteiger partial charge >= 0.3 is 0 Å². The van der Waals surface area contributed by atoms with Crippen molar-refractivity contribution in [1.82, 2.24) is 10.2 Å². The monoisotopic (exact) mass is 212 g/mol. The Morgan fingerprint density at radius 2 is 2.13 bits per heavy atom. The molecule has 1 rings (SSSR count). The van der Waals surface area contributed by atoms with Gasteiger partial charge in [-0.3, -0.25) is 9.59 Å². The highest BCUT2D eigenvalue weighted by Gasteiger charge is 2.33. The van der Waals surface area contributed by atoms with Crippen molar-refractivity contribution in [2.75, 3.05) is 13.1 Å². The lowest BCUT2D eigenvalue weighted by Crippen LogP contribution is -2.59. The van der Waals surface area contributed by atoms with E-state index in [4.69, 9.17) is 0 Å². The van der Waals surface area contributed by atoms with E-state index < -0.39 is 0 Å². The first kappa shape index (κ1) is 12.0. The summed E-state index contributed by atoms with van der Waals surface area (Å²) in [5.41, 5.74) is 0. The Bertz CT molecular complexity index is 251. The molecule has 4 nitrogen and oxygen atoms in total. The number of hydrogen-bond acceptors (Lipinski definition) is 2. The van der Waals surface area contributed by atoms with E-state index in [1.807, 2.05) is 6.92 Å². The van der Waals surface area contributed by atoms with Crippen molar-refractivity contribution in [3.63, 3.8) is 0 Å². The van der Waals surface area contributed by atoms with Crippen LogP contribution in [-0.4, -0.2) is 35.8 Å². The average molecular weight is 212 g/mol. The molecule has 1 fully saturated rings. The zero-order valence-corrected chi connectivity index (χ0v) is 9.75. The highest BCUT2D eigenvalue weighted by molar-refractivity contribution is 5.94. The topological polar surface area (TPSA) is 49.4 Å². The van der Waals surface area contributed by atoms with Gasteiger partial charge in [-0.2, -0.15) is 0 Å². The molecule has 0 bridgehead atoms. The van der Waals surface area contributed by atoms with Gasteiger partial charge in [0.15, 0.2) is 0 Å². The SMILES string of the molecule is CCCC1C(=O)NCC(=O)N1CC(C)C. The molecular formula is C11H20N2O2. The van der Waals surface area contributed by atoms with Crippen molar-refractivity contribution in [3.05, 3.63) is 0 Å². The fraction of sp³-hybridized carbons (Fsp3) is 0.818. The first-order valence-corrected chi connectivity index (χ1v) is 5.63. The van der Waals surface area contributed by atoms with Gasteiger partial charge in [-0.15, -0.1) is 0 Å². The first-order chi connectivity index (χ1) is 7.06. The summed E-state index contributed by atoms with van der Waals surface area (Å²) >= 11 is 0. The quantitative estimate of drug-likeness (QED) is 0.748. The fourth-order valence-corrected chi connectivity index (χ4v) is 1.88. The van der Waals surface area contributed by atoms with E-state index >= 15 is 0 Å². The van der Waals surface area contributed by atoms with Gasteiger partial charge in [0.05, 0.1) is 6.54 Å². The molecule has 0 radical (unpaired) electrons. The molecular weight excluding hydrogens is 192 g/mol. The van der Waals surface area contributed by atoms with Gasteiger partial charge < -0.3 is 10.2 Å². The normalized spacial score (nSPS) is 22.1. The molecule has 1 aliphatic heterocycles. The van der Waals surface area contributed by atoms with Crippen LogP contribution >= 0.6 is 0 Å². The lowest BCUT2D eigenvalue weighted by Gasteiger charge is -2.35. The van der Waals surface area contributed by atoms with Crippen molar-refractivity contribution >= 4 is 11.8 Å². The van der Waals surface area contributed by atoms with Crippen LogP contribution in [0.25, 0.3) is 0 Å². The maximum atomic E-state index is 11.7. The Morgan fingerprint density at radius 3 is 2.67 bits per heavy atom. The van der Waals surface area contributed by atoms with Crippen molar-refractivity contribution in [1.29, 1.82) is 0 Å². The predicted molar refractivity (Wildman–Crippen MR) is 58.3 cm³/mol. The molecule has 86 valence electrons. The van der Waals surface area contributed by atoms with Gasteiger partial charge in [0.25, 0.3) is 0 Å². The van der Waals surface area contributed by atoms with Crippen molar-refractivity contribution in [2.24, 2.45) is 5.92 Å². The van der Waals surface area contributed by atoms with Crippen LogP contribution in [0, 0.1) is 5.92 Å². The van der Waals surface area contributed by atoms with Crippen LogP contribution in [0.2, 0.25) is 0 Å². The van der Waals surface area contributed by atoms with Gasteiger partial charge in [-0.1, -0.05) is 27.2 Å². The number of hydrogen-bond donors (Lipinski definition) is 1. The fourth-order valence-electron chi connectivity index (χ4n) is 1.88. The second-order valence-corrected chi connectivity index (χ2v) is 4.46. The predicted octanol–water partition coefficient (Wildman–Crippen LogP) is 0.769. The summed E-state index contributed by atoms with van der Waals surface area (Å²) in [7, 11) is 0. The lowest BCUT2D eigenvalue weighted by atomic mass is 10.0. The maximum Gasteiger partial charge on any atom is 0.243 e. The Labute approximate surface area is 91.0 Å². The van der Waals surface area contributed by atoms with Gasteiger partial charge in [0.2, 0.25) is 11.8 Å². The summed E-state index contributed by atoms with van der Waals surface area (Å²) in [6.07, 6.45) is 1.67. The minimum Gasteiger partial charge on any atom is -0.345 e. The Balaban J connectivity index is 2.73. The molecule has 0 saturated carbocycles. The molecule has 1 heterocycles. The Hall–Kier alpha value is -1.06. The summed E-state index contributed by atoms with van der Waals surface area (Å²) in [4.78, 5) is 25.0. The third kappa shape index (κ3) is 2.94. The molecule has 0 spiro atoms. The van der Waals surface area contributed by atoms with Gasteiger partial charge in [0.1, 0.15) is 6.04 Å². The van der Waals surface area contributed by atoms with Crippen molar-refractivity contribution in [2.45, 2.75) is 39.7 Å².